The van der Waals surface area contributed by atoms with Gasteiger partial charge in [-0.05, 0) is 6.92 Å². The number of aryl methyl sites for hydroxylation is 1. The van der Waals surface area contributed by atoms with Crippen LogP contribution in [0.1, 0.15) is 41.8 Å². The van der Waals surface area contributed by atoms with E-state index in [4.69, 9.17) is 10.5 Å². The van der Waals surface area contributed by atoms with Gasteiger partial charge < -0.3 is 19.9 Å². The van der Waals surface area contributed by atoms with Crippen molar-refractivity contribution in [3.63, 3.8) is 0 Å². The van der Waals surface area contributed by atoms with Crippen LogP contribution >= 0.6 is 11.3 Å². The summed E-state index contributed by atoms with van der Waals surface area (Å²) in [6, 6.07) is 0. The Kier molecular flexibility index (Phi) is 5.65. The topological polar surface area (TPSA) is 131 Å². The summed E-state index contributed by atoms with van der Waals surface area (Å²) in [5.74, 6) is -2.21. The fraction of sp³-hybridized carbons (Fsp3) is 0.267. The van der Waals surface area contributed by atoms with Crippen LogP contribution in [0.5, 0.6) is 0 Å². The summed E-state index contributed by atoms with van der Waals surface area (Å²) >= 11 is 0.850. The number of ether oxygens (including phenoxy) is 3. The molecule has 0 radical (unpaired) electrons. The number of hydrogen-bond donors (Lipinski definition) is 1. The first-order valence-corrected chi connectivity index (χ1v) is 7.74. The molecule has 0 unspecified atom stereocenters. The molecule has 0 fully saturated rings. The summed E-state index contributed by atoms with van der Waals surface area (Å²) in [7, 11) is 2.36. The van der Waals surface area contributed by atoms with Crippen molar-refractivity contribution >= 4 is 34.2 Å². The van der Waals surface area contributed by atoms with Crippen LogP contribution in [0.2, 0.25) is 0 Å². The molecule has 0 saturated heterocycles. The highest BCUT2D eigenvalue weighted by Crippen LogP contribution is 2.33. The van der Waals surface area contributed by atoms with E-state index in [1.165, 1.54) is 26.6 Å². The average Bonchev–Trinajstić information content (AvgIpc) is 2.95. The zero-order valence-corrected chi connectivity index (χ0v) is 14.5. The second-order valence-electron chi connectivity index (χ2n) is 4.75. The number of carbonyl (C=O) groups is 3. The molecule has 0 aliphatic rings. The van der Waals surface area contributed by atoms with E-state index < -0.39 is 17.9 Å². The minimum absolute atomic E-state index is 0.00645. The summed E-state index contributed by atoms with van der Waals surface area (Å²) in [5, 5.41) is 0.0634. The van der Waals surface area contributed by atoms with Gasteiger partial charge in [-0.1, -0.05) is 0 Å². The number of rotatable bonds is 5. The second-order valence-corrected chi connectivity index (χ2v) is 5.80. The highest BCUT2D eigenvalue weighted by molar-refractivity contribution is 7.18. The van der Waals surface area contributed by atoms with Crippen LogP contribution in [0.15, 0.2) is 12.4 Å². The van der Waals surface area contributed by atoms with Crippen LogP contribution in [-0.2, 0) is 20.8 Å². The number of nitrogens with zero attached hydrogens (tertiary/aromatic N) is 2. The molecule has 2 heterocycles. The number of esters is 3. The first kappa shape index (κ1) is 18.3. The van der Waals surface area contributed by atoms with Crippen molar-refractivity contribution < 1.29 is 28.6 Å². The Labute approximate surface area is 146 Å². The van der Waals surface area contributed by atoms with Crippen molar-refractivity contribution in [1.82, 2.24) is 9.97 Å². The van der Waals surface area contributed by atoms with Crippen LogP contribution in [0.25, 0.3) is 0 Å². The molecule has 2 aromatic rings. The Hall–Kier alpha value is -3.01. The number of methoxy groups -OCH3 is 2. The molecule has 132 valence electrons. The molecule has 2 aromatic heterocycles. The van der Waals surface area contributed by atoms with E-state index in [0.717, 1.165) is 11.3 Å². The number of hydrogen-bond acceptors (Lipinski definition) is 10. The van der Waals surface area contributed by atoms with Gasteiger partial charge in [0.1, 0.15) is 22.0 Å². The van der Waals surface area contributed by atoms with Gasteiger partial charge in [-0.25, -0.2) is 19.4 Å². The first-order valence-electron chi connectivity index (χ1n) is 6.92. The molecular weight excluding hydrogens is 350 g/mol. The molecule has 10 heteroatoms. The minimum Gasteiger partial charge on any atom is -0.465 e. The molecule has 0 spiro atoms. The van der Waals surface area contributed by atoms with Crippen LogP contribution in [0, 0.1) is 6.92 Å². The molecule has 2 N–H and O–H groups in total. The van der Waals surface area contributed by atoms with Crippen LogP contribution in [0.3, 0.4) is 0 Å². The first-order chi connectivity index (χ1) is 11.9. The fourth-order valence-corrected chi connectivity index (χ4v) is 2.89. The maximum atomic E-state index is 12.1. The quantitative estimate of drug-likeness (QED) is 0.616. The van der Waals surface area contributed by atoms with Crippen LogP contribution < -0.4 is 5.73 Å². The Balaban J connectivity index is 2.30. The SMILES string of the molecule is COC(=O)c1sc(N)c(C(=O)OC)c1COC(=O)c1cnc(C)cn1. The Morgan fingerprint density at radius 1 is 1.08 bits per heavy atom. The van der Waals surface area contributed by atoms with Gasteiger partial charge in [0.05, 0.1) is 26.1 Å². The van der Waals surface area contributed by atoms with E-state index in [-0.39, 0.29) is 33.3 Å². The predicted octanol–water partition coefficient (Wildman–Crippen LogP) is 1.36. The molecule has 0 aliphatic carbocycles. The van der Waals surface area contributed by atoms with Gasteiger partial charge in [0.25, 0.3) is 0 Å². The Morgan fingerprint density at radius 2 is 1.76 bits per heavy atom. The van der Waals surface area contributed by atoms with E-state index in [0.29, 0.717) is 5.69 Å². The molecule has 0 atom stereocenters. The third kappa shape index (κ3) is 3.91. The van der Waals surface area contributed by atoms with E-state index in [2.05, 4.69) is 19.4 Å². The third-order valence-corrected chi connectivity index (χ3v) is 4.17. The number of nitrogens with two attached hydrogens (primary N) is 1. The molecule has 0 aromatic carbocycles. The summed E-state index contributed by atoms with van der Waals surface area (Å²) in [6.07, 6.45) is 2.68. The van der Waals surface area contributed by atoms with Crippen molar-refractivity contribution in [3.05, 3.63) is 39.8 Å². The second kappa shape index (κ2) is 7.71. The van der Waals surface area contributed by atoms with E-state index in [9.17, 15) is 14.4 Å². The summed E-state index contributed by atoms with van der Waals surface area (Å²) in [5.41, 5.74) is 6.52. The van der Waals surface area contributed by atoms with Gasteiger partial charge in [-0.2, -0.15) is 0 Å². The average molecular weight is 365 g/mol. The van der Waals surface area contributed by atoms with E-state index in [1.54, 1.807) is 6.92 Å². The fourth-order valence-electron chi connectivity index (χ4n) is 1.92. The lowest BCUT2D eigenvalue weighted by Gasteiger charge is -2.07. The molecule has 0 bridgehead atoms. The highest BCUT2D eigenvalue weighted by atomic mass is 32.1. The molecule has 0 aliphatic heterocycles. The number of anilines is 1. The van der Waals surface area contributed by atoms with Gasteiger partial charge in [-0.15, -0.1) is 11.3 Å². The summed E-state index contributed by atoms with van der Waals surface area (Å²) in [4.78, 5) is 43.8. The lowest BCUT2D eigenvalue weighted by atomic mass is 10.1. The van der Waals surface area contributed by atoms with Gasteiger partial charge >= 0.3 is 17.9 Å². The molecule has 0 saturated carbocycles. The number of nitrogen functional groups attached to an aromatic ring is 1. The molecule has 2 rings (SSSR count). The maximum Gasteiger partial charge on any atom is 0.358 e. The molecular formula is C15H15N3O6S. The van der Waals surface area contributed by atoms with Crippen LogP contribution in [-0.4, -0.2) is 42.1 Å². The monoisotopic (exact) mass is 365 g/mol. The summed E-state index contributed by atoms with van der Waals surface area (Å²) < 4.78 is 14.5. The van der Waals surface area contributed by atoms with Crippen molar-refractivity contribution in [2.24, 2.45) is 0 Å². The maximum absolute atomic E-state index is 12.1. The zero-order valence-electron chi connectivity index (χ0n) is 13.7. The smallest absolute Gasteiger partial charge is 0.358 e. The molecule has 25 heavy (non-hydrogen) atoms. The van der Waals surface area contributed by atoms with Crippen molar-refractivity contribution in [2.75, 3.05) is 20.0 Å². The van der Waals surface area contributed by atoms with E-state index >= 15 is 0 Å². The minimum atomic E-state index is -0.760. The Bertz CT molecular complexity index is 815. The van der Waals surface area contributed by atoms with Gasteiger partial charge in [0.15, 0.2) is 5.69 Å². The van der Waals surface area contributed by atoms with Gasteiger partial charge in [-0.3, -0.25) is 4.98 Å². The largest absolute Gasteiger partial charge is 0.465 e. The third-order valence-electron chi connectivity index (χ3n) is 3.13. The normalized spacial score (nSPS) is 10.2. The summed E-state index contributed by atoms with van der Waals surface area (Å²) in [6.45, 7) is 1.35. The number of thiophene rings is 1. The Morgan fingerprint density at radius 3 is 2.32 bits per heavy atom. The lowest BCUT2D eigenvalue weighted by Crippen LogP contribution is -2.13. The standard InChI is InChI=1S/C15H15N3O6S/c1-7-4-18-9(5-17-7)13(19)24-6-8-10(14(20)22-2)12(16)25-11(8)15(21)23-3/h4-5H,6,16H2,1-3H3. The number of carbonyl (C=O) groups excluding carboxylic acids is 3. The predicted molar refractivity (Wildman–Crippen MR) is 87.3 cm³/mol. The van der Waals surface area contributed by atoms with E-state index in [1.807, 2.05) is 0 Å². The lowest BCUT2D eigenvalue weighted by molar-refractivity contribution is 0.0446. The highest BCUT2D eigenvalue weighted by Gasteiger charge is 2.28. The van der Waals surface area contributed by atoms with Gasteiger partial charge in [0.2, 0.25) is 0 Å². The van der Waals surface area contributed by atoms with Crippen molar-refractivity contribution in [3.8, 4) is 0 Å². The van der Waals surface area contributed by atoms with Crippen molar-refractivity contribution in [1.29, 1.82) is 0 Å². The zero-order chi connectivity index (χ0) is 18.6. The number of aromatic nitrogens is 2. The molecule has 9 nitrogen and oxygen atoms in total. The van der Waals surface area contributed by atoms with Crippen molar-refractivity contribution in [2.45, 2.75) is 13.5 Å². The van der Waals surface area contributed by atoms with Gasteiger partial charge in [0, 0.05) is 11.8 Å². The molecule has 0 amide bonds. The van der Waals surface area contributed by atoms with Crippen LogP contribution in [0.4, 0.5) is 5.00 Å².